The van der Waals surface area contributed by atoms with Crippen LogP contribution in [0.2, 0.25) is 0 Å². The highest BCUT2D eigenvalue weighted by atomic mass is 32.1. The van der Waals surface area contributed by atoms with Gasteiger partial charge in [-0.15, -0.1) is 22.7 Å². The molecule has 0 spiro atoms. The number of thiophene rings is 2. The number of hydrogen-bond acceptors (Lipinski definition) is 3. The van der Waals surface area contributed by atoms with Gasteiger partial charge < -0.3 is 5.32 Å². The van der Waals surface area contributed by atoms with Crippen molar-refractivity contribution in [2.24, 2.45) is 0 Å². The van der Waals surface area contributed by atoms with Crippen molar-refractivity contribution in [1.29, 1.82) is 0 Å². The second-order valence-electron chi connectivity index (χ2n) is 4.93. The quantitative estimate of drug-likeness (QED) is 0.658. The van der Waals surface area contributed by atoms with Gasteiger partial charge in [0.2, 0.25) is 0 Å². The molecule has 0 saturated heterocycles. The topological polar surface area (TPSA) is 12.0 Å². The van der Waals surface area contributed by atoms with Crippen LogP contribution in [-0.4, -0.2) is 0 Å². The molecular weight excluding hydrogens is 282 g/mol. The van der Waals surface area contributed by atoms with E-state index in [2.05, 4.69) is 72.4 Å². The van der Waals surface area contributed by atoms with Crippen LogP contribution in [0.3, 0.4) is 0 Å². The molecule has 0 aliphatic carbocycles. The summed E-state index contributed by atoms with van der Waals surface area (Å²) >= 11 is 3.60. The summed E-state index contributed by atoms with van der Waals surface area (Å²) in [5, 5.41) is 7.98. The third-order valence-corrected chi connectivity index (χ3v) is 5.21. The van der Waals surface area contributed by atoms with E-state index in [1.165, 1.54) is 26.6 Å². The minimum atomic E-state index is 0.247. The molecule has 1 aromatic carbocycles. The van der Waals surface area contributed by atoms with Crippen LogP contribution in [-0.2, 0) is 0 Å². The number of aryl methyl sites for hydroxylation is 2. The number of hydrogen-bond donors (Lipinski definition) is 1. The average Bonchev–Trinajstić information content (AvgIpc) is 3.11. The molecule has 0 amide bonds. The Kier molecular flexibility index (Phi) is 3.90. The standard InChI is InChI=1S/C17H17NS2/c1-12-7-8-14(13(2)11-12)18-17(15-5-3-9-19-15)16-6-4-10-20-16/h3-11,17-18H,1-2H3. The Balaban J connectivity index is 1.95. The zero-order chi connectivity index (χ0) is 13.9. The maximum atomic E-state index is 3.70. The van der Waals surface area contributed by atoms with Crippen molar-refractivity contribution < 1.29 is 0 Å². The number of nitrogens with one attached hydrogen (secondary N) is 1. The number of rotatable bonds is 4. The van der Waals surface area contributed by atoms with E-state index in [-0.39, 0.29) is 6.04 Å². The molecule has 3 rings (SSSR count). The number of anilines is 1. The molecule has 1 nitrogen and oxygen atoms in total. The fraction of sp³-hybridized carbons (Fsp3) is 0.176. The highest BCUT2D eigenvalue weighted by molar-refractivity contribution is 7.11. The second-order valence-corrected chi connectivity index (χ2v) is 6.89. The van der Waals surface area contributed by atoms with Crippen molar-refractivity contribution in [1.82, 2.24) is 0 Å². The van der Waals surface area contributed by atoms with Gasteiger partial charge in [0, 0.05) is 15.4 Å². The van der Waals surface area contributed by atoms with Crippen molar-refractivity contribution in [2.75, 3.05) is 5.32 Å². The van der Waals surface area contributed by atoms with Gasteiger partial charge in [-0.1, -0.05) is 29.8 Å². The van der Waals surface area contributed by atoms with Crippen LogP contribution >= 0.6 is 22.7 Å². The molecule has 3 aromatic rings. The molecule has 0 aliphatic rings. The summed E-state index contributed by atoms with van der Waals surface area (Å²) < 4.78 is 0. The van der Waals surface area contributed by atoms with Crippen molar-refractivity contribution >= 4 is 28.4 Å². The molecule has 1 N–H and O–H groups in total. The van der Waals surface area contributed by atoms with Gasteiger partial charge in [-0.2, -0.15) is 0 Å². The van der Waals surface area contributed by atoms with Crippen LogP contribution in [0.1, 0.15) is 26.9 Å². The van der Waals surface area contributed by atoms with E-state index in [1.54, 1.807) is 22.7 Å². The van der Waals surface area contributed by atoms with Crippen LogP contribution in [0.5, 0.6) is 0 Å². The van der Waals surface area contributed by atoms with E-state index in [9.17, 15) is 0 Å². The fourth-order valence-corrected chi connectivity index (χ4v) is 3.99. The van der Waals surface area contributed by atoms with E-state index >= 15 is 0 Å². The van der Waals surface area contributed by atoms with E-state index in [0.29, 0.717) is 0 Å². The van der Waals surface area contributed by atoms with Crippen LogP contribution in [0.4, 0.5) is 5.69 Å². The van der Waals surface area contributed by atoms with Crippen LogP contribution in [0, 0.1) is 13.8 Å². The van der Waals surface area contributed by atoms with Gasteiger partial charge in [-0.05, 0) is 48.4 Å². The summed E-state index contributed by atoms with van der Waals surface area (Å²) in [5.74, 6) is 0. The lowest BCUT2D eigenvalue weighted by atomic mass is 10.1. The molecule has 102 valence electrons. The highest BCUT2D eigenvalue weighted by Crippen LogP contribution is 2.33. The summed E-state index contributed by atoms with van der Waals surface area (Å²) in [5.41, 5.74) is 3.81. The maximum absolute atomic E-state index is 3.70. The van der Waals surface area contributed by atoms with Crippen molar-refractivity contribution in [2.45, 2.75) is 19.9 Å². The fourth-order valence-electron chi connectivity index (χ4n) is 2.32. The Hall–Kier alpha value is -1.58. The smallest absolute Gasteiger partial charge is 0.0953 e. The third kappa shape index (κ3) is 2.79. The Morgan fingerprint density at radius 2 is 1.55 bits per heavy atom. The van der Waals surface area contributed by atoms with Crippen molar-refractivity contribution in [3.63, 3.8) is 0 Å². The molecule has 0 aliphatic heterocycles. The largest absolute Gasteiger partial charge is 0.373 e. The Morgan fingerprint density at radius 1 is 0.900 bits per heavy atom. The zero-order valence-electron chi connectivity index (χ0n) is 11.6. The summed E-state index contributed by atoms with van der Waals surface area (Å²) in [7, 11) is 0. The molecule has 0 radical (unpaired) electrons. The Bertz CT molecular complexity index is 635. The average molecular weight is 299 g/mol. The van der Waals surface area contributed by atoms with E-state index in [1.807, 2.05) is 0 Å². The highest BCUT2D eigenvalue weighted by Gasteiger charge is 2.16. The lowest BCUT2D eigenvalue weighted by molar-refractivity contribution is 0.988. The van der Waals surface area contributed by atoms with Crippen LogP contribution < -0.4 is 5.32 Å². The predicted octanol–water partition coefficient (Wildman–Crippen LogP) is 5.63. The molecule has 2 heterocycles. The van der Waals surface area contributed by atoms with Crippen molar-refractivity contribution in [3.8, 4) is 0 Å². The summed E-state index contributed by atoms with van der Waals surface area (Å²) in [6, 6.07) is 15.4. The summed E-state index contributed by atoms with van der Waals surface area (Å²) in [6.07, 6.45) is 0. The SMILES string of the molecule is Cc1ccc(NC(c2cccs2)c2cccs2)c(C)c1. The second kappa shape index (κ2) is 5.81. The third-order valence-electron chi connectivity index (χ3n) is 3.34. The van der Waals surface area contributed by atoms with Gasteiger partial charge in [-0.25, -0.2) is 0 Å². The molecular formula is C17H17NS2. The molecule has 0 fully saturated rings. The van der Waals surface area contributed by atoms with Crippen LogP contribution in [0.15, 0.2) is 53.2 Å². The number of benzene rings is 1. The molecule has 0 unspecified atom stereocenters. The van der Waals surface area contributed by atoms with Gasteiger partial charge in [0.1, 0.15) is 0 Å². The summed E-state index contributed by atoms with van der Waals surface area (Å²) in [4.78, 5) is 2.71. The normalized spacial score (nSPS) is 10.9. The maximum Gasteiger partial charge on any atom is 0.0953 e. The first-order valence-corrected chi connectivity index (χ1v) is 8.40. The predicted molar refractivity (Wildman–Crippen MR) is 90.0 cm³/mol. The van der Waals surface area contributed by atoms with Gasteiger partial charge in [0.15, 0.2) is 0 Å². The van der Waals surface area contributed by atoms with E-state index < -0.39 is 0 Å². The first kappa shape index (κ1) is 13.4. The summed E-state index contributed by atoms with van der Waals surface area (Å²) in [6.45, 7) is 4.29. The molecule has 0 bridgehead atoms. The first-order valence-electron chi connectivity index (χ1n) is 6.64. The molecule has 20 heavy (non-hydrogen) atoms. The van der Waals surface area contributed by atoms with Crippen molar-refractivity contribution in [3.05, 3.63) is 74.1 Å². The Morgan fingerprint density at radius 3 is 2.05 bits per heavy atom. The lowest BCUT2D eigenvalue weighted by Crippen LogP contribution is -2.10. The minimum Gasteiger partial charge on any atom is -0.373 e. The monoisotopic (exact) mass is 299 g/mol. The molecule has 2 aromatic heterocycles. The lowest BCUT2D eigenvalue weighted by Gasteiger charge is -2.19. The van der Waals surface area contributed by atoms with Gasteiger partial charge >= 0.3 is 0 Å². The zero-order valence-corrected chi connectivity index (χ0v) is 13.2. The first-order chi connectivity index (χ1) is 9.74. The Labute approximate surface area is 127 Å². The van der Waals surface area contributed by atoms with Gasteiger partial charge in [0.25, 0.3) is 0 Å². The molecule has 0 saturated carbocycles. The van der Waals surface area contributed by atoms with Gasteiger partial charge in [0.05, 0.1) is 6.04 Å². The van der Waals surface area contributed by atoms with E-state index in [0.717, 1.165) is 0 Å². The van der Waals surface area contributed by atoms with Crippen LogP contribution in [0.25, 0.3) is 0 Å². The minimum absolute atomic E-state index is 0.247. The van der Waals surface area contributed by atoms with Gasteiger partial charge in [-0.3, -0.25) is 0 Å². The molecule has 0 atom stereocenters. The molecule has 3 heteroatoms. The van der Waals surface area contributed by atoms with E-state index in [4.69, 9.17) is 0 Å².